The van der Waals surface area contributed by atoms with Gasteiger partial charge in [-0.15, -0.1) is 0 Å². The Balaban J connectivity index is 1.94. The summed E-state index contributed by atoms with van der Waals surface area (Å²) in [7, 11) is 1.66. The van der Waals surface area contributed by atoms with E-state index in [-0.39, 0.29) is 0 Å². The molecule has 84 valence electrons. The molecule has 4 heteroatoms. The van der Waals surface area contributed by atoms with Crippen molar-refractivity contribution in [1.29, 1.82) is 0 Å². The van der Waals surface area contributed by atoms with Gasteiger partial charge in [-0.1, -0.05) is 17.3 Å². The minimum absolute atomic E-state index is 0.365. The molecule has 0 saturated carbocycles. The van der Waals surface area contributed by atoms with E-state index in [1.807, 2.05) is 24.3 Å². The van der Waals surface area contributed by atoms with Gasteiger partial charge in [-0.25, -0.2) is 0 Å². The monoisotopic (exact) mass is 218 g/mol. The number of hydrogen-bond donors (Lipinski definition) is 1. The number of nitrogens with two attached hydrogens (primary N) is 1. The van der Waals surface area contributed by atoms with Gasteiger partial charge in [0.05, 0.1) is 12.8 Å². The second-order valence-electron chi connectivity index (χ2n) is 3.57. The number of nitrogens with zero attached hydrogens (tertiary/aromatic N) is 1. The van der Waals surface area contributed by atoms with E-state index in [1.54, 1.807) is 13.2 Å². The number of anilines is 1. The number of hydrogen-bond acceptors (Lipinski definition) is 4. The van der Waals surface area contributed by atoms with E-state index in [4.69, 9.17) is 15.0 Å². The number of ether oxygens (including phenoxy) is 1. The van der Waals surface area contributed by atoms with E-state index in [2.05, 4.69) is 5.16 Å². The summed E-state index contributed by atoms with van der Waals surface area (Å²) in [5.74, 6) is 1.24. The van der Waals surface area contributed by atoms with E-state index >= 15 is 0 Å². The minimum Gasteiger partial charge on any atom is -0.497 e. The summed E-state index contributed by atoms with van der Waals surface area (Å²) in [5.41, 5.74) is 7.56. The summed E-state index contributed by atoms with van der Waals surface area (Å²) in [5, 5.41) is 3.84. The van der Waals surface area contributed by atoms with Crippen molar-refractivity contribution in [1.82, 2.24) is 5.16 Å². The van der Waals surface area contributed by atoms with Gasteiger partial charge in [0.15, 0.2) is 0 Å². The van der Waals surface area contributed by atoms with Crippen molar-refractivity contribution >= 4 is 5.88 Å². The lowest BCUT2D eigenvalue weighted by Gasteiger charge is -2.01. The average Bonchev–Trinajstić information content (AvgIpc) is 2.73. The molecule has 0 amide bonds. The third-order valence-electron chi connectivity index (χ3n) is 2.41. The lowest BCUT2D eigenvalue weighted by Crippen LogP contribution is -1.91. The summed E-state index contributed by atoms with van der Waals surface area (Å²) < 4.78 is 9.89. The smallest absolute Gasteiger partial charge is 0.222 e. The maximum atomic E-state index is 5.44. The maximum absolute atomic E-state index is 5.44. The molecular weight excluding hydrogens is 204 g/mol. The number of benzene rings is 1. The molecule has 0 aliphatic rings. The molecule has 0 atom stereocenters. The molecular formula is C12H14N2O2. The van der Waals surface area contributed by atoms with Crippen LogP contribution in [0.5, 0.6) is 5.75 Å². The Labute approximate surface area is 94.0 Å². The molecule has 4 nitrogen and oxygen atoms in total. The largest absolute Gasteiger partial charge is 0.497 e. The Morgan fingerprint density at radius 1 is 1.25 bits per heavy atom. The molecule has 2 N–H and O–H groups in total. The van der Waals surface area contributed by atoms with Gasteiger partial charge >= 0.3 is 0 Å². The summed E-state index contributed by atoms with van der Waals surface area (Å²) in [6, 6.07) is 9.74. The third-order valence-corrected chi connectivity index (χ3v) is 2.41. The van der Waals surface area contributed by atoms with Crippen LogP contribution in [0, 0.1) is 0 Å². The maximum Gasteiger partial charge on any atom is 0.222 e. The molecule has 0 radical (unpaired) electrons. The SMILES string of the molecule is COc1ccc(CCc2cc(N)on2)cc1. The number of aryl methyl sites for hydroxylation is 2. The summed E-state index contributed by atoms with van der Waals surface area (Å²) in [6.45, 7) is 0. The predicted octanol–water partition coefficient (Wildman–Crippen LogP) is 2.05. The molecule has 2 rings (SSSR count). The fourth-order valence-electron chi connectivity index (χ4n) is 1.51. The summed E-state index contributed by atoms with van der Waals surface area (Å²) in [4.78, 5) is 0. The van der Waals surface area contributed by atoms with Gasteiger partial charge in [-0.2, -0.15) is 0 Å². The second-order valence-corrected chi connectivity index (χ2v) is 3.57. The molecule has 0 bridgehead atoms. The third kappa shape index (κ3) is 2.53. The van der Waals surface area contributed by atoms with Crippen molar-refractivity contribution < 1.29 is 9.26 Å². The van der Waals surface area contributed by atoms with Crippen LogP contribution in [0.3, 0.4) is 0 Å². The van der Waals surface area contributed by atoms with Crippen molar-refractivity contribution in [2.75, 3.05) is 12.8 Å². The topological polar surface area (TPSA) is 61.3 Å². The highest BCUT2D eigenvalue weighted by atomic mass is 16.5. The number of aromatic nitrogens is 1. The molecule has 0 aliphatic carbocycles. The van der Waals surface area contributed by atoms with Crippen molar-refractivity contribution in [2.24, 2.45) is 0 Å². The molecule has 1 heterocycles. The predicted molar refractivity (Wildman–Crippen MR) is 61.3 cm³/mol. The van der Waals surface area contributed by atoms with Gasteiger partial charge in [-0.05, 0) is 30.5 Å². The van der Waals surface area contributed by atoms with Crippen molar-refractivity contribution in [3.05, 3.63) is 41.6 Å². The van der Waals surface area contributed by atoms with E-state index < -0.39 is 0 Å². The molecule has 0 fully saturated rings. The van der Waals surface area contributed by atoms with Crippen LogP contribution in [0.25, 0.3) is 0 Å². The van der Waals surface area contributed by atoms with Crippen molar-refractivity contribution in [3.8, 4) is 5.75 Å². The summed E-state index contributed by atoms with van der Waals surface area (Å²) in [6.07, 6.45) is 1.74. The lowest BCUT2D eigenvalue weighted by atomic mass is 10.1. The molecule has 0 aliphatic heterocycles. The molecule has 0 unspecified atom stereocenters. The van der Waals surface area contributed by atoms with Crippen LogP contribution in [0.1, 0.15) is 11.3 Å². The number of nitrogen functional groups attached to an aromatic ring is 1. The van der Waals surface area contributed by atoms with Crippen LogP contribution < -0.4 is 10.5 Å². The van der Waals surface area contributed by atoms with Gasteiger partial charge in [0.1, 0.15) is 5.75 Å². The molecule has 1 aromatic heterocycles. The van der Waals surface area contributed by atoms with Crippen molar-refractivity contribution in [3.63, 3.8) is 0 Å². The molecule has 0 saturated heterocycles. The normalized spacial score (nSPS) is 10.3. The zero-order chi connectivity index (χ0) is 11.4. The lowest BCUT2D eigenvalue weighted by molar-refractivity contribution is 0.414. The van der Waals surface area contributed by atoms with E-state index in [1.165, 1.54) is 5.56 Å². The van der Waals surface area contributed by atoms with Crippen LogP contribution in [0.15, 0.2) is 34.9 Å². The van der Waals surface area contributed by atoms with Crippen LogP contribution >= 0.6 is 0 Å². The van der Waals surface area contributed by atoms with Crippen LogP contribution in [-0.2, 0) is 12.8 Å². The first-order valence-corrected chi connectivity index (χ1v) is 5.12. The van der Waals surface area contributed by atoms with E-state index in [0.717, 1.165) is 24.3 Å². The first-order chi connectivity index (χ1) is 7.78. The fourth-order valence-corrected chi connectivity index (χ4v) is 1.51. The standard InChI is InChI=1S/C12H14N2O2/c1-15-11-6-3-9(4-7-11)2-5-10-8-12(13)16-14-10/h3-4,6-8H,2,5,13H2,1H3. The Hall–Kier alpha value is -1.97. The summed E-state index contributed by atoms with van der Waals surface area (Å²) >= 11 is 0. The van der Waals surface area contributed by atoms with Crippen LogP contribution in [0.4, 0.5) is 5.88 Å². The van der Waals surface area contributed by atoms with Gasteiger partial charge in [-0.3, -0.25) is 0 Å². The zero-order valence-corrected chi connectivity index (χ0v) is 9.14. The first-order valence-electron chi connectivity index (χ1n) is 5.12. The van der Waals surface area contributed by atoms with Gasteiger partial charge < -0.3 is 15.0 Å². The Morgan fingerprint density at radius 2 is 2.00 bits per heavy atom. The second kappa shape index (κ2) is 4.70. The fraction of sp³-hybridized carbons (Fsp3) is 0.250. The van der Waals surface area contributed by atoms with E-state index in [0.29, 0.717) is 5.88 Å². The highest BCUT2D eigenvalue weighted by Gasteiger charge is 2.01. The Bertz CT molecular complexity index is 448. The average molecular weight is 218 g/mol. The van der Waals surface area contributed by atoms with Crippen LogP contribution in [-0.4, -0.2) is 12.3 Å². The first kappa shape index (κ1) is 10.5. The van der Waals surface area contributed by atoms with Gasteiger partial charge in [0.25, 0.3) is 0 Å². The minimum atomic E-state index is 0.365. The van der Waals surface area contributed by atoms with E-state index in [9.17, 15) is 0 Å². The number of methoxy groups -OCH3 is 1. The molecule has 1 aromatic carbocycles. The molecule has 16 heavy (non-hydrogen) atoms. The van der Waals surface area contributed by atoms with Gasteiger partial charge in [0, 0.05) is 6.07 Å². The zero-order valence-electron chi connectivity index (χ0n) is 9.14. The van der Waals surface area contributed by atoms with Gasteiger partial charge in [0.2, 0.25) is 5.88 Å². The quantitative estimate of drug-likeness (QED) is 0.853. The van der Waals surface area contributed by atoms with Crippen LogP contribution in [0.2, 0.25) is 0 Å². The highest BCUT2D eigenvalue weighted by molar-refractivity contribution is 5.28. The highest BCUT2D eigenvalue weighted by Crippen LogP contribution is 2.13. The number of rotatable bonds is 4. The Morgan fingerprint density at radius 3 is 2.56 bits per heavy atom. The Kier molecular flexibility index (Phi) is 3.10. The molecule has 0 spiro atoms. The molecule has 2 aromatic rings. The van der Waals surface area contributed by atoms with Crippen molar-refractivity contribution in [2.45, 2.75) is 12.8 Å².